The van der Waals surface area contributed by atoms with Gasteiger partial charge in [0.05, 0.1) is 18.2 Å². The summed E-state index contributed by atoms with van der Waals surface area (Å²) in [7, 11) is 0. The number of alkyl halides is 2. The van der Waals surface area contributed by atoms with E-state index in [2.05, 4.69) is 10.1 Å². The maximum Gasteiger partial charge on any atom is 0.387 e. The van der Waals surface area contributed by atoms with Gasteiger partial charge in [0.25, 0.3) is 0 Å². The number of carbonyl (C=O) groups is 1. The Morgan fingerprint density at radius 1 is 1.33 bits per heavy atom. The molecule has 2 heterocycles. The summed E-state index contributed by atoms with van der Waals surface area (Å²) in [6.45, 7) is 1.93. The quantitative estimate of drug-likeness (QED) is 0.816. The minimum absolute atomic E-state index is 0.00317. The highest BCUT2D eigenvalue weighted by atomic mass is 19.3. The molecule has 1 saturated carbocycles. The van der Waals surface area contributed by atoms with Gasteiger partial charge in [-0.3, -0.25) is 4.84 Å². The van der Waals surface area contributed by atoms with E-state index in [1.54, 1.807) is 12.1 Å². The lowest BCUT2D eigenvalue weighted by molar-refractivity contribution is -0.244. The van der Waals surface area contributed by atoms with Gasteiger partial charge in [-0.2, -0.15) is 13.8 Å². The average molecular weight is 382 g/mol. The molecule has 0 aromatic heterocycles. The highest BCUT2D eigenvalue weighted by molar-refractivity contribution is 5.76. The van der Waals surface area contributed by atoms with Gasteiger partial charge in [0.1, 0.15) is 0 Å². The molecule has 3 aliphatic rings. The predicted octanol–water partition coefficient (Wildman–Crippen LogP) is 3.67. The Labute approximate surface area is 156 Å². The molecule has 0 bridgehead atoms. The third kappa shape index (κ3) is 3.95. The van der Waals surface area contributed by atoms with Crippen LogP contribution in [0.1, 0.15) is 44.6 Å². The lowest BCUT2D eigenvalue weighted by Gasteiger charge is -2.43. The molecule has 2 amide bonds. The standard InChI is InChI=1S/C19H24F2N2O4/c1-19(2)8-13(14-9-22-18(24)23(14)27-19)12-5-6-15(26-17(20)21)16(7-12)25-10-11-3-4-11/h5-7,11,13-14,17H,3-4,8-10H2,1-2H3,(H,22,24). The van der Waals surface area contributed by atoms with Crippen LogP contribution in [0.4, 0.5) is 13.6 Å². The zero-order chi connectivity index (χ0) is 19.2. The number of rotatable bonds is 6. The van der Waals surface area contributed by atoms with Crippen LogP contribution in [0.5, 0.6) is 11.5 Å². The van der Waals surface area contributed by atoms with E-state index in [1.165, 1.54) is 11.1 Å². The van der Waals surface area contributed by atoms with E-state index < -0.39 is 12.2 Å². The van der Waals surface area contributed by atoms with Crippen molar-refractivity contribution in [3.05, 3.63) is 23.8 Å². The first-order valence-electron chi connectivity index (χ1n) is 9.30. The largest absolute Gasteiger partial charge is 0.489 e. The van der Waals surface area contributed by atoms with Crippen molar-refractivity contribution in [3.63, 3.8) is 0 Å². The van der Waals surface area contributed by atoms with Gasteiger partial charge >= 0.3 is 12.6 Å². The molecule has 2 atom stereocenters. The topological polar surface area (TPSA) is 60.0 Å². The second-order valence-electron chi connectivity index (χ2n) is 8.08. The van der Waals surface area contributed by atoms with Crippen LogP contribution in [0.25, 0.3) is 0 Å². The molecule has 148 valence electrons. The van der Waals surface area contributed by atoms with Gasteiger partial charge < -0.3 is 14.8 Å². The minimum Gasteiger partial charge on any atom is -0.489 e. The fourth-order valence-electron chi connectivity index (χ4n) is 3.78. The molecule has 2 aliphatic heterocycles. The van der Waals surface area contributed by atoms with Gasteiger partial charge in [-0.25, -0.2) is 4.79 Å². The van der Waals surface area contributed by atoms with E-state index in [-0.39, 0.29) is 23.7 Å². The lowest BCUT2D eigenvalue weighted by Crippen LogP contribution is -2.51. The summed E-state index contributed by atoms with van der Waals surface area (Å²) in [5, 5.41) is 4.21. The van der Waals surface area contributed by atoms with Gasteiger partial charge in [0.2, 0.25) is 0 Å². The Morgan fingerprint density at radius 3 is 2.81 bits per heavy atom. The molecule has 6 nitrogen and oxygen atoms in total. The Morgan fingerprint density at radius 2 is 2.11 bits per heavy atom. The number of urea groups is 1. The van der Waals surface area contributed by atoms with Crippen molar-refractivity contribution in [2.24, 2.45) is 5.92 Å². The summed E-state index contributed by atoms with van der Waals surface area (Å²) in [6, 6.07) is 4.67. The molecule has 0 radical (unpaired) electrons. The van der Waals surface area contributed by atoms with Crippen LogP contribution in [-0.2, 0) is 4.84 Å². The minimum atomic E-state index is -2.91. The SMILES string of the molecule is CC1(C)CC(c2ccc(OC(F)F)c(OCC3CC3)c2)C2CNC(=O)N2O1. The van der Waals surface area contributed by atoms with Crippen molar-refractivity contribution >= 4 is 6.03 Å². The van der Waals surface area contributed by atoms with Crippen molar-refractivity contribution in [1.29, 1.82) is 0 Å². The van der Waals surface area contributed by atoms with Gasteiger partial charge in [-0.15, -0.1) is 0 Å². The van der Waals surface area contributed by atoms with Crippen LogP contribution in [-0.4, -0.2) is 42.5 Å². The zero-order valence-corrected chi connectivity index (χ0v) is 15.4. The van der Waals surface area contributed by atoms with Crippen LogP contribution in [0.15, 0.2) is 18.2 Å². The van der Waals surface area contributed by atoms with Crippen molar-refractivity contribution in [3.8, 4) is 11.5 Å². The average Bonchev–Trinajstić information content (AvgIpc) is 3.36. The summed E-state index contributed by atoms with van der Waals surface area (Å²) in [6.07, 6.45) is 2.90. The Bertz CT molecular complexity index is 724. The van der Waals surface area contributed by atoms with E-state index in [1.807, 2.05) is 13.8 Å². The summed E-state index contributed by atoms with van der Waals surface area (Å²) >= 11 is 0. The van der Waals surface area contributed by atoms with Gasteiger partial charge in [-0.1, -0.05) is 6.07 Å². The highest BCUT2D eigenvalue weighted by Crippen LogP contribution is 2.43. The summed E-state index contributed by atoms with van der Waals surface area (Å²) in [5.74, 6) is 0.852. The normalized spacial score (nSPS) is 26.7. The number of halogens is 2. The molecule has 1 aromatic carbocycles. The van der Waals surface area contributed by atoms with Gasteiger partial charge in [-0.05, 0) is 56.7 Å². The smallest absolute Gasteiger partial charge is 0.387 e. The van der Waals surface area contributed by atoms with Crippen molar-refractivity contribution in [2.45, 2.75) is 57.3 Å². The number of nitrogens with zero attached hydrogens (tertiary/aromatic N) is 1. The molecule has 4 rings (SSSR count). The first-order valence-corrected chi connectivity index (χ1v) is 9.30. The summed E-state index contributed by atoms with van der Waals surface area (Å²) in [5.41, 5.74) is 0.404. The molecule has 0 spiro atoms. The zero-order valence-electron chi connectivity index (χ0n) is 15.4. The first kappa shape index (κ1) is 18.3. The highest BCUT2D eigenvalue weighted by Gasteiger charge is 2.47. The van der Waals surface area contributed by atoms with Gasteiger partial charge in [0, 0.05) is 12.5 Å². The van der Waals surface area contributed by atoms with E-state index >= 15 is 0 Å². The van der Waals surface area contributed by atoms with E-state index in [0.29, 0.717) is 31.2 Å². The molecular weight excluding hydrogens is 358 g/mol. The van der Waals surface area contributed by atoms with E-state index in [9.17, 15) is 13.6 Å². The van der Waals surface area contributed by atoms with Gasteiger partial charge in [0.15, 0.2) is 11.5 Å². The summed E-state index contributed by atoms with van der Waals surface area (Å²) < 4.78 is 35.9. The molecule has 3 fully saturated rings. The number of hydroxylamine groups is 2. The van der Waals surface area contributed by atoms with Crippen molar-refractivity contribution < 1.29 is 27.9 Å². The second kappa shape index (κ2) is 6.82. The number of amides is 2. The second-order valence-corrected chi connectivity index (χ2v) is 8.08. The molecule has 1 aliphatic carbocycles. The Kier molecular flexibility index (Phi) is 4.61. The number of ether oxygens (including phenoxy) is 2. The fraction of sp³-hybridized carbons (Fsp3) is 0.632. The number of benzene rings is 1. The van der Waals surface area contributed by atoms with Crippen LogP contribution in [0.3, 0.4) is 0 Å². The van der Waals surface area contributed by atoms with Crippen LogP contribution >= 0.6 is 0 Å². The third-order valence-electron chi connectivity index (χ3n) is 5.27. The number of nitrogens with one attached hydrogen (secondary N) is 1. The Balaban J connectivity index is 1.62. The van der Waals surface area contributed by atoms with Crippen molar-refractivity contribution in [1.82, 2.24) is 10.4 Å². The van der Waals surface area contributed by atoms with Crippen LogP contribution < -0.4 is 14.8 Å². The number of hydrogen-bond donors (Lipinski definition) is 1. The van der Waals surface area contributed by atoms with E-state index in [0.717, 1.165) is 18.4 Å². The molecule has 1 aromatic rings. The fourth-order valence-corrected chi connectivity index (χ4v) is 3.78. The Hall–Kier alpha value is -2.09. The van der Waals surface area contributed by atoms with Crippen molar-refractivity contribution in [2.75, 3.05) is 13.2 Å². The number of hydrogen-bond acceptors (Lipinski definition) is 4. The maximum absolute atomic E-state index is 12.7. The number of fused-ring (bicyclic) bond motifs is 1. The summed E-state index contributed by atoms with van der Waals surface area (Å²) in [4.78, 5) is 17.9. The molecule has 1 N–H and O–H groups in total. The lowest BCUT2D eigenvalue weighted by atomic mass is 9.81. The predicted molar refractivity (Wildman–Crippen MR) is 92.8 cm³/mol. The monoisotopic (exact) mass is 382 g/mol. The molecule has 27 heavy (non-hydrogen) atoms. The van der Waals surface area contributed by atoms with E-state index in [4.69, 9.17) is 9.57 Å². The van der Waals surface area contributed by atoms with Crippen LogP contribution in [0.2, 0.25) is 0 Å². The number of carbonyl (C=O) groups excluding carboxylic acids is 1. The molecule has 8 heteroatoms. The maximum atomic E-state index is 12.7. The first-order chi connectivity index (χ1) is 12.8. The third-order valence-corrected chi connectivity index (χ3v) is 5.27. The van der Waals surface area contributed by atoms with Crippen LogP contribution in [0, 0.1) is 5.92 Å². The molecular formula is C19H24F2N2O4. The molecule has 2 unspecified atom stereocenters. The molecule has 2 saturated heterocycles.